The van der Waals surface area contributed by atoms with Crippen LogP contribution in [0, 0.1) is 5.82 Å². The molecule has 0 unspecified atom stereocenters. The fraction of sp³-hybridized carbons (Fsp3) is 0.391. The Morgan fingerprint density at radius 2 is 1.73 bits per heavy atom. The highest BCUT2D eigenvalue weighted by Gasteiger charge is 2.22. The number of halogens is 2. The Morgan fingerprint density at radius 1 is 1.06 bits per heavy atom. The molecule has 1 amide bonds. The highest BCUT2D eigenvalue weighted by Crippen LogP contribution is 2.21. The number of benzene rings is 2. The van der Waals surface area contributed by atoms with Crippen LogP contribution in [0.4, 0.5) is 4.39 Å². The topological polar surface area (TPSA) is 86.8 Å². The number of sulfonamides is 1. The highest BCUT2D eigenvalue weighted by atomic mass is 35.5. The summed E-state index contributed by atoms with van der Waals surface area (Å²) in [5, 5.41) is 0.394. The molecule has 2 aromatic rings. The van der Waals surface area contributed by atoms with Crippen LogP contribution in [-0.4, -0.2) is 62.6 Å². The van der Waals surface area contributed by atoms with Crippen LogP contribution >= 0.6 is 11.6 Å². The van der Waals surface area contributed by atoms with E-state index in [1.165, 1.54) is 37.3 Å². The van der Waals surface area contributed by atoms with Crippen molar-refractivity contribution in [2.75, 3.05) is 32.7 Å². The minimum absolute atomic E-state index is 0.0383. The first-order chi connectivity index (χ1) is 15.7. The summed E-state index contributed by atoms with van der Waals surface area (Å²) in [6.45, 7) is 4.21. The van der Waals surface area contributed by atoms with E-state index in [4.69, 9.17) is 11.6 Å². The number of rotatable bonds is 9. The van der Waals surface area contributed by atoms with Crippen LogP contribution in [0.1, 0.15) is 35.7 Å². The van der Waals surface area contributed by atoms with Gasteiger partial charge in [0, 0.05) is 61.8 Å². The average Bonchev–Trinajstić information content (AvgIpc) is 2.79. The molecule has 1 fully saturated rings. The van der Waals surface area contributed by atoms with Crippen molar-refractivity contribution in [3.05, 3.63) is 64.4 Å². The zero-order valence-electron chi connectivity index (χ0n) is 18.4. The summed E-state index contributed by atoms with van der Waals surface area (Å²) in [5.74, 6) is -0.510. The minimum atomic E-state index is -3.70. The van der Waals surface area contributed by atoms with Gasteiger partial charge in [0.2, 0.25) is 15.9 Å². The standard InChI is InChI=1S/C23H27ClFN3O4S/c1-17(29)18-7-9-19(10-8-18)33(31,32)26-11-3-6-23(30)28-14-12-27(13-15-28)16-20-21(24)4-2-5-22(20)25/h2,4-5,7-10,26H,3,6,11-16H2,1H3. The lowest BCUT2D eigenvalue weighted by molar-refractivity contribution is -0.133. The number of hydrogen-bond acceptors (Lipinski definition) is 5. The second kappa shape index (κ2) is 11.2. The zero-order chi connectivity index (χ0) is 24.0. The lowest BCUT2D eigenvalue weighted by Crippen LogP contribution is -2.48. The molecule has 2 aromatic carbocycles. The maximum absolute atomic E-state index is 14.0. The van der Waals surface area contributed by atoms with Crippen molar-refractivity contribution in [3.8, 4) is 0 Å². The molecule has 0 spiro atoms. The molecule has 10 heteroatoms. The minimum Gasteiger partial charge on any atom is -0.340 e. The summed E-state index contributed by atoms with van der Waals surface area (Å²) in [6, 6.07) is 10.3. The lowest BCUT2D eigenvalue weighted by atomic mass is 10.1. The first kappa shape index (κ1) is 25.3. The predicted octanol–water partition coefficient (Wildman–Crippen LogP) is 3.08. The summed E-state index contributed by atoms with van der Waals surface area (Å²) in [5.41, 5.74) is 0.902. The Morgan fingerprint density at radius 3 is 2.33 bits per heavy atom. The van der Waals surface area contributed by atoms with Crippen LogP contribution in [0.3, 0.4) is 0 Å². The largest absolute Gasteiger partial charge is 0.340 e. The first-order valence-corrected chi connectivity index (χ1v) is 12.6. The van der Waals surface area contributed by atoms with E-state index in [1.807, 2.05) is 0 Å². The third kappa shape index (κ3) is 6.83. The molecule has 33 heavy (non-hydrogen) atoms. The summed E-state index contributed by atoms with van der Waals surface area (Å²) >= 11 is 6.10. The van der Waals surface area contributed by atoms with Crippen molar-refractivity contribution in [2.45, 2.75) is 31.2 Å². The number of carbonyl (C=O) groups is 2. The van der Waals surface area contributed by atoms with E-state index in [-0.39, 0.29) is 35.4 Å². The van der Waals surface area contributed by atoms with Crippen LogP contribution in [0.5, 0.6) is 0 Å². The van der Waals surface area contributed by atoms with E-state index in [9.17, 15) is 22.4 Å². The van der Waals surface area contributed by atoms with Crippen molar-refractivity contribution in [1.29, 1.82) is 0 Å². The maximum atomic E-state index is 14.0. The van der Waals surface area contributed by atoms with Gasteiger partial charge in [0.15, 0.2) is 5.78 Å². The maximum Gasteiger partial charge on any atom is 0.240 e. The number of piperazine rings is 1. The molecule has 0 bridgehead atoms. The number of amides is 1. The van der Waals surface area contributed by atoms with Gasteiger partial charge >= 0.3 is 0 Å². The van der Waals surface area contributed by atoms with Crippen molar-refractivity contribution in [3.63, 3.8) is 0 Å². The molecular weight excluding hydrogens is 469 g/mol. The first-order valence-electron chi connectivity index (χ1n) is 10.7. The van der Waals surface area contributed by atoms with Gasteiger partial charge in [-0.2, -0.15) is 0 Å². The van der Waals surface area contributed by atoms with Crippen LogP contribution < -0.4 is 4.72 Å². The van der Waals surface area contributed by atoms with E-state index in [2.05, 4.69) is 9.62 Å². The molecule has 1 aliphatic heterocycles. The summed E-state index contributed by atoms with van der Waals surface area (Å²) in [7, 11) is -3.70. The average molecular weight is 496 g/mol. The number of Topliss-reactive ketones (excluding diaryl/α,β-unsaturated/α-hetero) is 1. The van der Waals surface area contributed by atoms with Crippen molar-refractivity contribution in [2.24, 2.45) is 0 Å². The Balaban J connectivity index is 1.40. The van der Waals surface area contributed by atoms with Crippen molar-refractivity contribution in [1.82, 2.24) is 14.5 Å². The molecule has 0 atom stereocenters. The number of carbonyl (C=O) groups excluding carboxylic acids is 2. The quantitative estimate of drug-likeness (QED) is 0.427. The molecule has 0 aromatic heterocycles. The van der Waals surface area contributed by atoms with Gasteiger partial charge in [-0.3, -0.25) is 14.5 Å². The molecule has 1 saturated heterocycles. The Bertz CT molecular complexity index is 1080. The van der Waals surface area contributed by atoms with E-state index in [1.54, 1.807) is 17.0 Å². The van der Waals surface area contributed by atoms with Gasteiger partial charge in [-0.25, -0.2) is 17.5 Å². The number of ketones is 1. The van der Waals surface area contributed by atoms with Gasteiger partial charge in [0.05, 0.1) is 4.90 Å². The molecule has 3 rings (SSSR count). The molecular formula is C23H27ClFN3O4S. The fourth-order valence-electron chi connectivity index (χ4n) is 3.62. The second-order valence-corrected chi connectivity index (χ2v) is 10.1. The number of nitrogens with one attached hydrogen (secondary N) is 1. The van der Waals surface area contributed by atoms with Crippen LogP contribution in [-0.2, 0) is 21.4 Å². The molecule has 1 heterocycles. The lowest BCUT2D eigenvalue weighted by Gasteiger charge is -2.35. The zero-order valence-corrected chi connectivity index (χ0v) is 20.0. The predicted molar refractivity (Wildman–Crippen MR) is 124 cm³/mol. The normalized spacial score (nSPS) is 14.9. The molecule has 0 saturated carbocycles. The van der Waals surface area contributed by atoms with E-state index in [0.29, 0.717) is 55.3 Å². The summed E-state index contributed by atoms with van der Waals surface area (Å²) in [6.07, 6.45) is 0.597. The fourth-order valence-corrected chi connectivity index (χ4v) is 4.92. The Hall–Kier alpha value is -2.33. The van der Waals surface area contributed by atoms with Crippen LogP contribution in [0.15, 0.2) is 47.4 Å². The highest BCUT2D eigenvalue weighted by molar-refractivity contribution is 7.89. The third-order valence-corrected chi connectivity index (χ3v) is 7.43. The Labute approximate surface area is 198 Å². The molecule has 1 N–H and O–H groups in total. The number of nitrogens with zero attached hydrogens (tertiary/aromatic N) is 2. The SMILES string of the molecule is CC(=O)c1ccc(S(=O)(=O)NCCCC(=O)N2CCN(Cc3c(F)cccc3Cl)CC2)cc1. The molecule has 0 aliphatic carbocycles. The third-order valence-electron chi connectivity index (χ3n) is 5.60. The Kier molecular flexibility index (Phi) is 8.58. The second-order valence-electron chi connectivity index (χ2n) is 7.94. The smallest absolute Gasteiger partial charge is 0.240 e. The van der Waals surface area contributed by atoms with Crippen LogP contribution in [0.2, 0.25) is 5.02 Å². The summed E-state index contributed by atoms with van der Waals surface area (Å²) in [4.78, 5) is 27.7. The van der Waals surface area contributed by atoms with Gasteiger partial charge in [-0.1, -0.05) is 29.8 Å². The number of hydrogen-bond donors (Lipinski definition) is 1. The van der Waals surface area contributed by atoms with Crippen molar-refractivity contribution >= 4 is 33.3 Å². The van der Waals surface area contributed by atoms with Gasteiger partial charge < -0.3 is 4.90 Å². The van der Waals surface area contributed by atoms with Gasteiger partial charge in [0.1, 0.15) is 5.82 Å². The van der Waals surface area contributed by atoms with Gasteiger partial charge in [0.25, 0.3) is 0 Å². The molecule has 7 nitrogen and oxygen atoms in total. The molecule has 1 aliphatic rings. The monoisotopic (exact) mass is 495 g/mol. The molecule has 178 valence electrons. The van der Waals surface area contributed by atoms with Gasteiger partial charge in [-0.05, 0) is 37.6 Å². The van der Waals surface area contributed by atoms with E-state index < -0.39 is 10.0 Å². The summed E-state index contributed by atoms with van der Waals surface area (Å²) < 4.78 is 41.2. The van der Waals surface area contributed by atoms with E-state index in [0.717, 1.165) is 0 Å². The van der Waals surface area contributed by atoms with E-state index >= 15 is 0 Å². The van der Waals surface area contributed by atoms with Crippen molar-refractivity contribution < 1.29 is 22.4 Å². The van der Waals surface area contributed by atoms with Crippen LogP contribution in [0.25, 0.3) is 0 Å². The molecule has 0 radical (unpaired) electrons. The van der Waals surface area contributed by atoms with Gasteiger partial charge in [-0.15, -0.1) is 0 Å².